The molecule has 1 saturated carbocycles. The molecule has 4 rings (SSSR count). The second-order valence-electron chi connectivity index (χ2n) is 6.83. The van der Waals surface area contributed by atoms with Crippen LogP contribution in [0.1, 0.15) is 41.7 Å². The molecular weight excluding hydrogens is 309 g/mol. The van der Waals surface area contributed by atoms with Crippen molar-refractivity contribution in [2.75, 3.05) is 6.54 Å². The molecule has 1 N–H and O–H groups in total. The maximum Gasteiger partial charge on any atom is 0.278 e. The summed E-state index contributed by atoms with van der Waals surface area (Å²) in [6, 6.07) is 4.92. The lowest BCUT2D eigenvalue weighted by Crippen LogP contribution is -2.59. The van der Waals surface area contributed by atoms with Crippen LogP contribution >= 0.6 is 0 Å². The first-order valence-electron chi connectivity index (χ1n) is 8.40. The van der Waals surface area contributed by atoms with Crippen LogP contribution in [-0.4, -0.2) is 38.3 Å². The first-order valence-corrected chi connectivity index (χ1v) is 8.40. The molecule has 1 aliphatic carbocycles. The number of hydrogen-bond acceptors (Lipinski definition) is 3. The van der Waals surface area contributed by atoms with Gasteiger partial charge in [0.15, 0.2) is 11.4 Å². The molecule has 2 atom stereocenters. The third kappa shape index (κ3) is 2.37. The Morgan fingerprint density at radius 3 is 2.92 bits per heavy atom. The Morgan fingerprint density at radius 2 is 2.12 bits per heavy atom. The van der Waals surface area contributed by atoms with Crippen LogP contribution in [0.4, 0.5) is 4.39 Å². The van der Waals surface area contributed by atoms with Crippen molar-refractivity contribution in [2.45, 2.75) is 38.6 Å². The molecule has 6 heteroatoms. The van der Waals surface area contributed by atoms with Crippen molar-refractivity contribution in [1.82, 2.24) is 14.7 Å². The minimum Gasteiger partial charge on any atom is -0.504 e. The van der Waals surface area contributed by atoms with Gasteiger partial charge in [-0.2, -0.15) is 5.10 Å². The fourth-order valence-electron chi connectivity index (χ4n) is 3.87. The van der Waals surface area contributed by atoms with Gasteiger partial charge in [0.25, 0.3) is 5.91 Å². The molecule has 2 heterocycles. The van der Waals surface area contributed by atoms with E-state index in [-0.39, 0.29) is 29.1 Å². The summed E-state index contributed by atoms with van der Waals surface area (Å²) in [5.41, 5.74) is 1.10. The van der Waals surface area contributed by atoms with Gasteiger partial charge in [-0.1, -0.05) is 18.9 Å². The van der Waals surface area contributed by atoms with Gasteiger partial charge in [-0.25, -0.2) is 9.07 Å². The number of carbonyl (C=O) groups excluding carboxylic acids is 1. The number of hydrogen-bond donors (Lipinski definition) is 1. The molecule has 1 saturated heterocycles. The fraction of sp³-hybridized carbons (Fsp3) is 0.444. The number of benzene rings is 1. The Kier molecular flexibility index (Phi) is 3.55. The Bertz CT molecular complexity index is 802. The number of aromatic nitrogens is 2. The monoisotopic (exact) mass is 329 g/mol. The SMILES string of the molecule is Cc1ccc(F)c(-n2cc(O)c(C(=O)N3C[C@H]4CCCC[C@H]43)n2)c1. The third-order valence-corrected chi connectivity index (χ3v) is 5.21. The number of nitrogens with zero attached hydrogens (tertiary/aromatic N) is 3. The summed E-state index contributed by atoms with van der Waals surface area (Å²) in [6.45, 7) is 2.58. The molecule has 1 aromatic carbocycles. The molecule has 5 nitrogen and oxygen atoms in total. The highest BCUT2D eigenvalue weighted by molar-refractivity contribution is 5.95. The lowest BCUT2D eigenvalue weighted by molar-refractivity contribution is -0.00432. The van der Waals surface area contributed by atoms with Crippen LogP contribution in [0.15, 0.2) is 24.4 Å². The van der Waals surface area contributed by atoms with Crippen molar-refractivity contribution < 1.29 is 14.3 Å². The average molecular weight is 329 g/mol. The standard InChI is InChI=1S/C18H20FN3O2/c1-11-6-7-13(19)15(8-11)22-10-16(23)17(20-22)18(24)21-9-12-4-2-3-5-14(12)21/h6-8,10,12,14,23H,2-5,9H2,1H3/t12-,14-/m1/s1. The predicted molar refractivity (Wildman–Crippen MR) is 86.7 cm³/mol. The molecule has 2 aliphatic rings. The predicted octanol–water partition coefficient (Wildman–Crippen LogP) is 3.04. The largest absolute Gasteiger partial charge is 0.504 e. The highest BCUT2D eigenvalue weighted by Crippen LogP contribution is 2.38. The van der Waals surface area contributed by atoms with Gasteiger partial charge in [-0.3, -0.25) is 4.79 Å². The minimum atomic E-state index is -0.446. The Hall–Kier alpha value is -2.37. The van der Waals surface area contributed by atoms with E-state index < -0.39 is 5.82 Å². The summed E-state index contributed by atoms with van der Waals surface area (Å²) in [5, 5.41) is 14.3. The number of halogens is 1. The smallest absolute Gasteiger partial charge is 0.278 e. The van der Waals surface area contributed by atoms with Crippen LogP contribution in [0.2, 0.25) is 0 Å². The number of rotatable bonds is 2. The van der Waals surface area contributed by atoms with Gasteiger partial charge in [-0.15, -0.1) is 0 Å². The van der Waals surface area contributed by atoms with E-state index in [9.17, 15) is 14.3 Å². The number of amides is 1. The summed E-state index contributed by atoms with van der Waals surface area (Å²) in [5.74, 6) is -0.331. The van der Waals surface area contributed by atoms with E-state index in [1.807, 2.05) is 6.92 Å². The molecule has 1 aromatic heterocycles. The number of aryl methyl sites for hydroxylation is 1. The van der Waals surface area contributed by atoms with Gasteiger partial charge in [0.1, 0.15) is 11.5 Å². The molecule has 0 radical (unpaired) electrons. The van der Waals surface area contributed by atoms with Crippen LogP contribution in [0.25, 0.3) is 5.69 Å². The minimum absolute atomic E-state index is 0.0000652. The molecule has 0 bridgehead atoms. The first kappa shape index (κ1) is 15.2. The molecule has 1 amide bonds. The lowest BCUT2D eigenvalue weighted by Gasteiger charge is -2.50. The lowest BCUT2D eigenvalue weighted by atomic mass is 9.76. The Labute approximate surface area is 139 Å². The molecule has 2 fully saturated rings. The molecule has 126 valence electrons. The van der Waals surface area contributed by atoms with Gasteiger partial charge >= 0.3 is 0 Å². The molecule has 0 unspecified atom stereocenters. The summed E-state index contributed by atoms with van der Waals surface area (Å²) >= 11 is 0. The van der Waals surface area contributed by atoms with Crippen LogP contribution in [-0.2, 0) is 0 Å². The van der Waals surface area contributed by atoms with Gasteiger partial charge < -0.3 is 10.0 Å². The Morgan fingerprint density at radius 1 is 1.33 bits per heavy atom. The van der Waals surface area contributed by atoms with E-state index in [0.29, 0.717) is 5.92 Å². The highest BCUT2D eigenvalue weighted by atomic mass is 19.1. The zero-order valence-electron chi connectivity index (χ0n) is 13.6. The number of likely N-dealkylation sites (tertiary alicyclic amines) is 1. The number of aromatic hydroxyl groups is 1. The number of carbonyl (C=O) groups is 1. The average Bonchev–Trinajstić information content (AvgIpc) is 2.92. The maximum absolute atomic E-state index is 14.0. The van der Waals surface area contributed by atoms with Crippen molar-refractivity contribution in [2.24, 2.45) is 5.92 Å². The second kappa shape index (κ2) is 5.61. The van der Waals surface area contributed by atoms with Crippen molar-refractivity contribution in [3.63, 3.8) is 0 Å². The van der Waals surface area contributed by atoms with Crippen molar-refractivity contribution in [1.29, 1.82) is 0 Å². The van der Waals surface area contributed by atoms with E-state index >= 15 is 0 Å². The summed E-state index contributed by atoms with van der Waals surface area (Å²) in [4.78, 5) is 14.5. The van der Waals surface area contributed by atoms with E-state index in [1.165, 1.54) is 29.8 Å². The summed E-state index contributed by atoms with van der Waals surface area (Å²) < 4.78 is 15.3. The van der Waals surface area contributed by atoms with Crippen LogP contribution < -0.4 is 0 Å². The molecular formula is C18H20FN3O2. The molecule has 24 heavy (non-hydrogen) atoms. The normalized spacial score (nSPS) is 22.8. The van der Waals surface area contributed by atoms with Gasteiger partial charge in [0.05, 0.1) is 6.20 Å². The zero-order valence-corrected chi connectivity index (χ0v) is 13.6. The number of fused-ring (bicyclic) bond motifs is 1. The van der Waals surface area contributed by atoms with Crippen molar-refractivity contribution in [3.8, 4) is 11.4 Å². The summed E-state index contributed by atoms with van der Waals surface area (Å²) in [6.07, 6.45) is 5.85. The van der Waals surface area contributed by atoms with E-state index in [1.54, 1.807) is 17.0 Å². The van der Waals surface area contributed by atoms with E-state index in [4.69, 9.17) is 0 Å². The first-order chi connectivity index (χ1) is 11.5. The van der Waals surface area contributed by atoms with Crippen LogP contribution in [0.5, 0.6) is 5.75 Å². The van der Waals surface area contributed by atoms with E-state index in [0.717, 1.165) is 24.9 Å². The zero-order chi connectivity index (χ0) is 16.8. The molecule has 2 aromatic rings. The van der Waals surface area contributed by atoms with E-state index in [2.05, 4.69) is 5.10 Å². The summed E-state index contributed by atoms with van der Waals surface area (Å²) in [7, 11) is 0. The van der Waals surface area contributed by atoms with Gasteiger partial charge in [0.2, 0.25) is 0 Å². The molecule has 0 spiro atoms. The van der Waals surface area contributed by atoms with Crippen LogP contribution in [0, 0.1) is 18.7 Å². The quantitative estimate of drug-likeness (QED) is 0.921. The van der Waals surface area contributed by atoms with Gasteiger partial charge in [-0.05, 0) is 43.4 Å². The maximum atomic E-state index is 14.0. The highest BCUT2D eigenvalue weighted by Gasteiger charge is 2.44. The second-order valence-corrected chi connectivity index (χ2v) is 6.83. The third-order valence-electron chi connectivity index (χ3n) is 5.21. The topological polar surface area (TPSA) is 58.4 Å². The van der Waals surface area contributed by atoms with Crippen LogP contribution in [0.3, 0.4) is 0 Å². The van der Waals surface area contributed by atoms with Gasteiger partial charge in [0, 0.05) is 12.6 Å². The molecule has 1 aliphatic heterocycles. The van der Waals surface area contributed by atoms with Crippen molar-refractivity contribution in [3.05, 3.63) is 41.5 Å². The fourth-order valence-corrected chi connectivity index (χ4v) is 3.87. The van der Waals surface area contributed by atoms with Crippen molar-refractivity contribution >= 4 is 5.91 Å². The Balaban J connectivity index is 1.62.